The standard InChI is InChI=1S/C16H18BrNO/c1-11-9-14(7-8-16(11)17)18-12(2)13-5-4-6-15(10-13)19-3/h4-10,12,18H,1-3H3. The molecule has 2 aromatic rings. The lowest BCUT2D eigenvalue weighted by atomic mass is 10.1. The molecule has 19 heavy (non-hydrogen) atoms. The van der Waals surface area contributed by atoms with Gasteiger partial charge in [-0.25, -0.2) is 0 Å². The zero-order chi connectivity index (χ0) is 13.8. The minimum Gasteiger partial charge on any atom is -0.497 e. The summed E-state index contributed by atoms with van der Waals surface area (Å²) in [6.07, 6.45) is 0. The first-order valence-electron chi connectivity index (χ1n) is 6.27. The Morgan fingerprint density at radius 2 is 1.95 bits per heavy atom. The molecule has 0 amide bonds. The topological polar surface area (TPSA) is 21.3 Å². The molecule has 3 heteroatoms. The molecule has 2 aromatic carbocycles. The van der Waals surface area contributed by atoms with E-state index in [-0.39, 0.29) is 6.04 Å². The molecule has 0 bridgehead atoms. The number of ether oxygens (including phenoxy) is 1. The number of anilines is 1. The zero-order valence-electron chi connectivity index (χ0n) is 11.4. The Kier molecular flexibility index (Phi) is 4.48. The van der Waals surface area contributed by atoms with Crippen molar-refractivity contribution in [2.75, 3.05) is 12.4 Å². The van der Waals surface area contributed by atoms with E-state index in [4.69, 9.17) is 4.74 Å². The average molecular weight is 320 g/mol. The lowest BCUT2D eigenvalue weighted by Gasteiger charge is -2.17. The third kappa shape index (κ3) is 3.51. The molecule has 0 aromatic heterocycles. The van der Waals surface area contributed by atoms with Crippen LogP contribution in [0.1, 0.15) is 24.1 Å². The molecule has 100 valence electrons. The molecule has 1 atom stereocenters. The van der Waals surface area contributed by atoms with Gasteiger partial charge in [0.25, 0.3) is 0 Å². The van der Waals surface area contributed by atoms with Gasteiger partial charge in [0.05, 0.1) is 7.11 Å². The largest absolute Gasteiger partial charge is 0.497 e. The van der Waals surface area contributed by atoms with E-state index in [9.17, 15) is 0 Å². The van der Waals surface area contributed by atoms with Crippen LogP contribution < -0.4 is 10.1 Å². The molecule has 0 heterocycles. The molecule has 0 radical (unpaired) electrons. The minimum absolute atomic E-state index is 0.232. The highest BCUT2D eigenvalue weighted by atomic mass is 79.9. The number of hydrogen-bond donors (Lipinski definition) is 1. The van der Waals surface area contributed by atoms with Crippen molar-refractivity contribution < 1.29 is 4.74 Å². The van der Waals surface area contributed by atoms with Crippen LogP contribution >= 0.6 is 15.9 Å². The van der Waals surface area contributed by atoms with Crippen LogP contribution in [0.3, 0.4) is 0 Å². The summed E-state index contributed by atoms with van der Waals surface area (Å²) >= 11 is 3.52. The van der Waals surface area contributed by atoms with Gasteiger partial charge in [-0.1, -0.05) is 28.1 Å². The molecule has 2 rings (SSSR count). The number of hydrogen-bond acceptors (Lipinski definition) is 2. The van der Waals surface area contributed by atoms with Crippen LogP contribution in [0.5, 0.6) is 5.75 Å². The quantitative estimate of drug-likeness (QED) is 0.861. The maximum absolute atomic E-state index is 5.26. The highest BCUT2D eigenvalue weighted by molar-refractivity contribution is 9.10. The Hall–Kier alpha value is -1.48. The van der Waals surface area contributed by atoms with Gasteiger partial charge in [-0.15, -0.1) is 0 Å². The number of rotatable bonds is 4. The van der Waals surface area contributed by atoms with Crippen molar-refractivity contribution >= 4 is 21.6 Å². The number of nitrogens with one attached hydrogen (secondary N) is 1. The molecule has 0 saturated heterocycles. The smallest absolute Gasteiger partial charge is 0.119 e. The molecular weight excluding hydrogens is 302 g/mol. The Balaban J connectivity index is 2.15. The summed E-state index contributed by atoms with van der Waals surface area (Å²) in [5, 5.41) is 3.50. The lowest BCUT2D eigenvalue weighted by molar-refractivity contribution is 0.414. The zero-order valence-corrected chi connectivity index (χ0v) is 13.0. The number of methoxy groups -OCH3 is 1. The fourth-order valence-corrected chi connectivity index (χ4v) is 2.23. The first-order chi connectivity index (χ1) is 9.10. The van der Waals surface area contributed by atoms with Gasteiger partial charge >= 0.3 is 0 Å². The first-order valence-corrected chi connectivity index (χ1v) is 7.06. The van der Waals surface area contributed by atoms with E-state index in [0.29, 0.717) is 0 Å². The van der Waals surface area contributed by atoms with Crippen LogP contribution in [-0.2, 0) is 0 Å². The molecule has 0 aliphatic rings. The van der Waals surface area contributed by atoms with Gasteiger partial charge in [0.2, 0.25) is 0 Å². The Morgan fingerprint density at radius 3 is 2.63 bits per heavy atom. The number of halogens is 1. The van der Waals surface area contributed by atoms with Gasteiger partial charge < -0.3 is 10.1 Å². The second-order valence-corrected chi connectivity index (χ2v) is 5.46. The third-order valence-electron chi connectivity index (χ3n) is 3.13. The van der Waals surface area contributed by atoms with Crippen LogP contribution in [0.25, 0.3) is 0 Å². The van der Waals surface area contributed by atoms with Gasteiger partial charge in [-0.3, -0.25) is 0 Å². The van der Waals surface area contributed by atoms with E-state index in [1.165, 1.54) is 11.1 Å². The third-order valence-corrected chi connectivity index (χ3v) is 4.02. The van der Waals surface area contributed by atoms with E-state index in [2.05, 4.69) is 65.4 Å². The van der Waals surface area contributed by atoms with Crippen LogP contribution in [0.4, 0.5) is 5.69 Å². The van der Waals surface area contributed by atoms with Crippen molar-refractivity contribution in [3.63, 3.8) is 0 Å². The molecule has 0 aliphatic carbocycles. The van der Waals surface area contributed by atoms with Crippen molar-refractivity contribution in [1.29, 1.82) is 0 Å². The van der Waals surface area contributed by atoms with Crippen molar-refractivity contribution in [1.82, 2.24) is 0 Å². The molecule has 1 N–H and O–H groups in total. The van der Waals surface area contributed by atoms with Crippen LogP contribution in [-0.4, -0.2) is 7.11 Å². The summed E-state index contributed by atoms with van der Waals surface area (Å²) in [6.45, 7) is 4.23. The van der Waals surface area contributed by atoms with Crippen molar-refractivity contribution in [3.05, 3.63) is 58.1 Å². The average Bonchev–Trinajstić information content (AvgIpc) is 2.43. The minimum atomic E-state index is 0.232. The SMILES string of the molecule is COc1cccc(C(C)Nc2ccc(Br)c(C)c2)c1. The summed E-state index contributed by atoms with van der Waals surface area (Å²) < 4.78 is 6.39. The molecule has 0 aliphatic heterocycles. The van der Waals surface area contributed by atoms with Gasteiger partial charge in [-0.05, 0) is 55.3 Å². The predicted molar refractivity (Wildman–Crippen MR) is 83.9 cm³/mol. The maximum atomic E-state index is 5.26. The second kappa shape index (κ2) is 6.11. The number of benzene rings is 2. The highest BCUT2D eigenvalue weighted by Crippen LogP contribution is 2.25. The van der Waals surface area contributed by atoms with Gasteiger partial charge in [0.15, 0.2) is 0 Å². The Bertz CT molecular complexity index is 568. The summed E-state index contributed by atoms with van der Waals surface area (Å²) in [6, 6.07) is 14.6. The Labute approximate surface area is 122 Å². The number of aryl methyl sites for hydroxylation is 1. The van der Waals surface area contributed by atoms with E-state index in [1.54, 1.807) is 7.11 Å². The van der Waals surface area contributed by atoms with Crippen molar-refractivity contribution in [2.45, 2.75) is 19.9 Å². The fourth-order valence-electron chi connectivity index (χ4n) is 1.98. The van der Waals surface area contributed by atoms with Crippen LogP contribution in [0.15, 0.2) is 46.9 Å². The highest BCUT2D eigenvalue weighted by Gasteiger charge is 2.07. The maximum Gasteiger partial charge on any atom is 0.119 e. The molecule has 0 fully saturated rings. The van der Waals surface area contributed by atoms with E-state index < -0.39 is 0 Å². The van der Waals surface area contributed by atoms with E-state index in [0.717, 1.165) is 15.9 Å². The summed E-state index contributed by atoms with van der Waals surface area (Å²) in [5.74, 6) is 0.887. The molecular formula is C16H18BrNO. The lowest BCUT2D eigenvalue weighted by Crippen LogP contribution is -2.06. The predicted octanol–water partition coefficient (Wildman–Crippen LogP) is 4.94. The molecule has 0 saturated carbocycles. The van der Waals surface area contributed by atoms with E-state index in [1.807, 2.05) is 12.1 Å². The van der Waals surface area contributed by atoms with Crippen molar-refractivity contribution in [3.8, 4) is 5.75 Å². The van der Waals surface area contributed by atoms with Crippen LogP contribution in [0, 0.1) is 6.92 Å². The van der Waals surface area contributed by atoms with Gasteiger partial charge in [0.1, 0.15) is 5.75 Å². The summed E-state index contributed by atoms with van der Waals surface area (Å²) in [7, 11) is 1.69. The van der Waals surface area contributed by atoms with Crippen LogP contribution in [0.2, 0.25) is 0 Å². The van der Waals surface area contributed by atoms with Crippen molar-refractivity contribution in [2.24, 2.45) is 0 Å². The molecule has 1 unspecified atom stereocenters. The molecule has 2 nitrogen and oxygen atoms in total. The first kappa shape index (κ1) is 13.9. The second-order valence-electron chi connectivity index (χ2n) is 4.61. The fraction of sp³-hybridized carbons (Fsp3) is 0.250. The van der Waals surface area contributed by atoms with E-state index >= 15 is 0 Å². The summed E-state index contributed by atoms with van der Waals surface area (Å²) in [5.41, 5.74) is 3.55. The monoisotopic (exact) mass is 319 g/mol. The summed E-state index contributed by atoms with van der Waals surface area (Å²) in [4.78, 5) is 0. The normalized spacial score (nSPS) is 12.0. The molecule has 0 spiro atoms. The Morgan fingerprint density at radius 1 is 1.16 bits per heavy atom. The van der Waals surface area contributed by atoms with Gasteiger partial charge in [-0.2, -0.15) is 0 Å². The van der Waals surface area contributed by atoms with Gasteiger partial charge in [0, 0.05) is 16.2 Å².